The van der Waals surface area contributed by atoms with E-state index in [2.05, 4.69) is 0 Å². The molecular weight excluding hydrogens is 214 g/mol. The lowest BCUT2D eigenvalue weighted by atomic mass is 10.0. The zero-order valence-electron chi connectivity index (χ0n) is 10.0. The molecule has 1 N–H and O–H groups in total. The zero-order chi connectivity index (χ0) is 12.3. The van der Waals surface area contributed by atoms with E-state index in [9.17, 15) is 9.90 Å². The highest BCUT2D eigenvalue weighted by molar-refractivity contribution is 5.94. The molecule has 0 fully saturated rings. The Balaban J connectivity index is 2.13. The highest BCUT2D eigenvalue weighted by Gasteiger charge is 2.22. The number of carbonyl (C=O) groups is 1. The van der Waals surface area contributed by atoms with E-state index in [0.717, 1.165) is 18.5 Å². The quantitative estimate of drug-likeness (QED) is 0.869. The van der Waals surface area contributed by atoms with E-state index >= 15 is 0 Å². The predicted molar refractivity (Wildman–Crippen MR) is 66.4 cm³/mol. The van der Waals surface area contributed by atoms with Gasteiger partial charge in [-0.25, -0.2) is 0 Å². The molecule has 0 unspecified atom stereocenters. The molecule has 2 rings (SSSR count). The third-order valence-electron chi connectivity index (χ3n) is 3.08. The first-order valence-electron chi connectivity index (χ1n) is 5.89. The van der Waals surface area contributed by atoms with Gasteiger partial charge in [-0.2, -0.15) is 0 Å². The van der Waals surface area contributed by atoms with Gasteiger partial charge in [0.15, 0.2) is 11.5 Å². The van der Waals surface area contributed by atoms with E-state index in [-0.39, 0.29) is 11.5 Å². The number of hydrogen-bond donors (Lipinski definition) is 1. The molecule has 3 nitrogen and oxygen atoms in total. The fourth-order valence-electron chi connectivity index (χ4n) is 2.14. The first kappa shape index (κ1) is 11.7. The molecule has 17 heavy (non-hydrogen) atoms. The van der Waals surface area contributed by atoms with Crippen LogP contribution in [-0.2, 0) is 11.3 Å². The van der Waals surface area contributed by atoms with Crippen LogP contribution in [0, 0.1) is 0 Å². The van der Waals surface area contributed by atoms with Crippen molar-refractivity contribution in [3.05, 3.63) is 47.4 Å². The molecule has 0 radical (unpaired) electrons. The Morgan fingerprint density at radius 1 is 1.24 bits per heavy atom. The fourth-order valence-corrected chi connectivity index (χ4v) is 2.14. The van der Waals surface area contributed by atoms with Crippen LogP contribution in [0.25, 0.3) is 0 Å². The summed E-state index contributed by atoms with van der Waals surface area (Å²) in [5.41, 5.74) is 1.94. The van der Waals surface area contributed by atoms with Gasteiger partial charge in [0.05, 0.1) is 5.70 Å². The minimum atomic E-state index is -0.133. The first-order valence-corrected chi connectivity index (χ1v) is 5.89. The molecule has 0 amide bonds. The Bertz CT molecular complexity index is 437. The van der Waals surface area contributed by atoms with Crippen LogP contribution in [0.15, 0.2) is 41.8 Å². The molecule has 1 aromatic rings. The van der Waals surface area contributed by atoms with Gasteiger partial charge in [-0.05, 0) is 18.4 Å². The monoisotopic (exact) mass is 231 g/mol. The SMILES string of the molecule is CN(Cc1ccccc1)C1=C(O)C(=O)CCC1. The van der Waals surface area contributed by atoms with Crippen LogP contribution in [-0.4, -0.2) is 22.8 Å². The summed E-state index contributed by atoms with van der Waals surface area (Å²) >= 11 is 0. The normalized spacial score (nSPS) is 16.2. The van der Waals surface area contributed by atoms with Gasteiger partial charge >= 0.3 is 0 Å². The van der Waals surface area contributed by atoms with Crippen molar-refractivity contribution in [3.63, 3.8) is 0 Å². The van der Waals surface area contributed by atoms with E-state index in [4.69, 9.17) is 0 Å². The maximum Gasteiger partial charge on any atom is 0.198 e. The number of benzene rings is 1. The first-order chi connectivity index (χ1) is 8.18. The molecule has 0 saturated heterocycles. The molecular formula is C14H17NO2. The van der Waals surface area contributed by atoms with Gasteiger partial charge in [-0.3, -0.25) is 4.79 Å². The van der Waals surface area contributed by atoms with Crippen LogP contribution >= 0.6 is 0 Å². The van der Waals surface area contributed by atoms with Crippen LogP contribution in [0.5, 0.6) is 0 Å². The van der Waals surface area contributed by atoms with Crippen LogP contribution in [0.2, 0.25) is 0 Å². The van der Waals surface area contributed by atoms with Gasteiger partial charge in [0.2, 0.25) is 0 Å². The minimum Gasteiger partial charge on any atom is -0.503 e. The van der Waals surface area contributed by atoms with E-state index in [0.29, 0.717) is 13.0 Å². The van der Waals surface area contributed by atoms with Crippen molar-refractivity contribution in [2.45, 2.75) is 25.8 Å². The van der Waals surface area contributed by atoms with Crippen molar-refractivity contribution in [2.75, 3.05) is 7.05 Å². The molecule has 0 atom stereocenters. The topological polar surface area (TPSA) is 40.5 Å². The van der Waals surface area contributed by atoms with Gasteiger partial charge in [0.1, 0.15) is 0 Å². The number of allylic oxidation sites excluding steroid dienone is 2. The third kappa shape index (κ3) is 2.67. The van der Waals surface area contributed by atoms with Crippen LogP contribution in [0.3, 0.4) is 0 Å². The van der Waals surface area contributed by atoms with Crippen molar-refractivity contribution in [2.24, 2.45) is 0 Å². The molecule has 0 heterocycles. The van der Waals surface area contributed by atoms with E-state index in [1.54, 1.807) is 0 Å². The summed E-state index contributed by atoms with van der Waals surface area (Å²) in [6.45, 7) is 0.716. The standard InChI is InChI=1S/C14H17NO2/c1-15(10-11-6-3-2-4-7-11)12-8-5-9-13(16)14(12)17/h2-4,6-7,17H,5,8-10H2,1H3. The summed E-state index contributed by atoms with van der Waals surface area (Å²) in [6, 6.07) is 10.0. The number of carbonyl (C=O) groups excluding carboxylic acids is 1. The Morgan fingerprint density at radius 3 is 2.65 bits per heavy atom. The summed E-state index contributed by atoms with van der Waals surface area (Å²) < 4.78 is 0. The van der Waals surface area contributed by atoms with Crippen molar-refractivity contribution >= 4 is 5.78 Å². The van der Waals surface area contributed by atoms with Gasteiger partial charge in [0, 0.05) is 20.0 Å². The van der Waals surface area contributed by atoms with Crippen molar-refractivity contribution in [3.8, 4) is 0 Å². The van der Waals surface area contributed by atoms with Gasteiger partial charge in [-0.1, -0.05) is 30.3 Å². The maximum absolute atomic E-state index is 11.4. The molecule has 0 spiro atoms. The average Bonchev–Trinajstić information content (AvgIpc) is 2.34. The molecule has 0 aromatic heterocycles. The molecule has 1 aliphatic rings. The second kappa shape index (κ2) is 5.04. The van der Waals surface area contributed by atoms with E-state index in [1.807, 2.05) is 42.3 Å². The van der Waals surface area contributed by atoms with Crippen LogP contribution in [0.1, 0.15) is 24.8 Å². The predicted octanol–water partition coefficient (Wildman–Crippen LogP) is 2.64. The fraction of sp³-hybridized carbons (Fsp3) is 0.357. The lowest BCUT2D eigenvalue weighted by molar-refractivity contribution is -0.118. The zero-order valence-corrected chi connectivity index (χ0v) is 10.0. The van der Waals surface area contributed by atoms with Gasteiger partial charge < -0.3 is 10.0 Å². The van der Waals surface area contributed by atoms with Crippen molar-refractivity contribution < 1.29 is 9.90 Å². The molecule has 0 bridgehead atoms. The van der Waals surface area contributed by atoms with Gasteiger partial charge in [-0.15, -0.1) is 0 Å². The second-order valence-electron chi connectivity index (χ2n) is 4.41. The highest BCUT2D eigenvalue weighted by atomic mass is 16.3. The molecule has 0 aliphatic heterocycles. The summed E-state index contributed by atoms with van der Waals surface area (Å²) in [7, 11) is 1.91. The molecule has 90 valence electrons. The summed E-state index contributed by atoms with van der Waals surface area (Å²) in [6.07, 6.45) is 2.08. The molecule has 0 saturated carbocycles. The highest BCUT2D eigenvalue weighted by Crippen LogP contribution is 2.23. The maximum atomic E-state index is 11.4. The Morgan fingerprint density at radius 2 is 1.94 bits per heavy atom. The second-order valence-corrected chi connectivity index (χ2v) is 4.41. The largest absolute Gasteiger partial charge is 0.503 e. The Hall–Kier alpha value is -1.77. The van der Waals surface area contributed by atoms with E-state index < -0.39 is 0 Å². The Kier molecular flexibility index (Phi) is 3.47. The molecule has 1 aliphatic carbocycles. The van der Waals surface area contributed by atoms with Crippen LogP contribution < -0.4 is 0 Å². The molecule has 1 aromatic carbocycles. The number of aliphatic hydroxyl groups is 1. The third-order valence-corrected chi connectivity index (χ3v) is 3.08. The summed E-state index contributed by atoms with van der Waals surface area (Å²) in [5, 5.41) is 9.77. The number of nitrogens with zero attached hydrogens (tertiary/aromatic N) is 1. The van der Waals surface area contributed by atoms with Gasteiger partial charge in [0.25, 0.3) is 0 Å². The molecule has 3 heteroatoms. The van der Waals surface area contributed by atoms with Crippen LogP contribution in [0.4, 0.5) is 0 Å². The van der Waals surface area contributed by atoms with E-state index in [1.165, 1.54) is 5.56 Å². The minimum absolute atomic E-state index is 0.0466. The van der Waals surface area contributed by atoms with Crippen molar-refractivity contribution in [1.82, 2.24) is 4.90 Å². The number of aliphatic hydroxyl groups excluding tert-OH is 1. The number of rotatable bonds is 3. The smallest absolute Gasteiger partial charge is 0.198 e. The van der Waals surface area contributed by atoms with Crippen molar-refractivity contribution in [1.29, 1.82) is 0 Å². The number of Topliss-reactive ketones (excluding diaryl/α,β-unsaturated/α-hetero) is 1. The number of ketones is 1. The average molecular weight is 231 g/mol. The lowest BCUT2D eigenvalue weighted by Gasteiger charge is -2.26. The Labute approximate surface area is 101 Å². The summed E-state index contributed by atoms with van der Waals surface area (Å²) in [5.74, 6) is -0.180. The lowest BCUT2D eigenvalue weighted by Crippen LogP contribution is -2.24. The number of hydrogen-bond acceptors (Lipinski definition) is 3. The summed E-state index contributed by atoms with van der Waals surface area (Å²) in [4.78, 5) is 13.4.